The van der Waals surface area contributed by atoms with Crippen LogP contribution in [0.2, 0.25) is 0 Å². The number of anilines is 1. The summed E-state index contributed by atoms with van der Waals surface area (Å²) in [6.07, 6.45) is 1.13. The minimum absolute atomic E-state index is 0.233. The van der Waals surface area contributed by atoms with Gasteiger partial charge in [-0.25, -0.2) is 4.90 Å². The number of amides is 2. The zero-order valence-electron chi connectivity index (χ0n) is 19.6. The lowest BCUT2D eigenvalue weighted by molar-refractivity contribution is -0.120. The molecule has 168 valence electrons. The fraction of sp³-hybridized carbons (Fsp3) is 0.407. The molecule has 2 aliphatic rings. The SMILES string of the molecule is CCOc1ccc(C2=C(N3CC(C)CC(C)C3)C(=O)N(c3ccc(C)c(C)c3)C2=O)cc1. The predicted molar refractivity (Wildman–Crippen MR) is 127 cm³/mol. The minimum Gasteiger partial charge on any atom is -0.494 e. The van der Waals surface area contributed by atoms with Crippen molar-refractivity contribution in [1.82, 2.24) is 4.90 Å². The van der Waals surface area contributed by atoms with E-state index < -0.39 is 0 Å². The number of carbonyl (C=O) groups excluding carboxylic acids is 2. The molecule has 0 bridgehead atoms. The van der Waals surface area contributed by atoms with E-state index in [9.17, 15) is 9.59 Å². The molecular formula is C27H32N2O3. The van der Waals surface area contributed by atoms with Crippen LogP contribution in [0.15, 0.2) is 48.2 Å². The monoisotopic (exact) mass is 432 g/mol. The van der Waals surface area contributed by atoms with Gasteiger partial charge in [-0.15, -0.1) is 0 Å². The molecule has 0 spiro atoms. The number of ether oxygens (including phenoxy) is 1. The molecule has 0 radical (unpaired) electrons. The molecule has 2 heterocycles. The Balaban J connectivity index is 1.81. The Labute approximate surface area is 190 Å². The van der Waals surface area contributed by atoms with Gasteiger partial charge in [-0.05, 0) is 80.0 Å². The molecule has 2 aliphatic heterocycles. The van der Waals surface area contributed by atoms with Gasteiger partial charge in [0.1, 0.15) is 11.4 Å². The number of nitrogens with zero attached hydrogens (tertiary/aromatic N) is 2. The summed E-state index contributed by atoms with van der Waals surface area (Å²) in [5.41, 5.74) is 4.57. The van der Waals surface area contributed by atoms with Crippen LogP contribution >= 0.6 is 0 Å². The third-order valence-corrected chi connectivity index (χ3v) is 6.45. The van der Waals surface area contributed by atoms with E-state index in [1.807, 2.05) is 63.2 Å². The smallest absolute Gasteiger partial charge is 0.282 e. The first kappa shape index (κ1) is 22.1. The molecule has 32 heavy (non-hydrogen) atoms. The first-order valence-electron chi connectivity index (χ1n) is 11.5. The Bertz CT molecular complexity index is 1060. The third kappa shape index (κ3) is 4.04. The highest BCUT2D eigenvalue weighted by Crippen LogP contribution is 2.38. The second kappa shape index (κ2) is 8.81. The van der Waals surface area contributed by atoms with Gasteiger partial charge in [-0.2, -0.15) is 0 Å². The molecule has 1 fully saturated rings. The van der Waals surface area contributed by atoms with Crippen molar-refractivity contribution >= 4 is 23.1 Å². The minimum atomic E-state index is -0.261. The predicted octanol–water partition coefficient (Wildman–Crippen LogP) is 4.96. The van der Waals surface area contributed by atoms with Crippen molar-refractivity contribution in [3.05, 3.63) is 64.9 Å². The lowest BCUT2D eigenvalue weighted by Crippen LogP contribution is -2.42. The van der Waals surface area contributed by atoms with Crippen LogP contribution in [0.4, 0.5) is 5.69 Å². The Morgan fingerprint density at radius 3 is 2.16 bits per heavy atom. The normalized spacial score (nSPS) is 21.5. The van der Waals surface area contributed by atoms with E-state index in [2.05, 4.69) is 18.7 Å². The number of piperidine rings is 1. The standard InChI is InChI=1S/C27H32N2O3/c1-6-32-23-11-8-21(9-12-23)24-25(28-15-17(2)13-18(3)16-28)27(31)29(26(24)30)22-10-7-19(4)20(5)14-22/h7-12,14,17-18H,6,13,15-16H2,1-5H3. The molecule has 5 nitrogen and oxygen atoms in total. The lowest BCUT2D eigenvalue weighted by atomic mass is 9.91. The van der Waals surface area contributed by atoms with Gasteiger partial charge in [0.25, 0.3) is 11.8 Å². The molecule has 5 heteroatoms. The fourth-order valence-electron chi connectivity index (χ4n) is 4.90. The quantitative estimate of drug-likeness (QED) is 0.627. The number of imide groups is 1. The fourth-order valence-corrected chi connectivity index (χ4v) is 4.90. The zero-order chi connectivity index (χ0) is 23.0. The Kier molecular flexibility index (Phi) is 6.09. The zero-order valence-corrected chi connectivity index (χ0v) is 19.6. The van der Waals surface area contributed by atoms with Crippen molar-refractivity contribution in [2.75, 3.05) is 24.6 Å². The van der Waals surface area contributed by atoms with E-state index in [1.165, 1.54) is 4.90 Å². The highest BCUT2D eigenvalue weighted by atomic mass is 16.5. The number of likely N-dealkylation sites (tertiary alicyclic amines) is 1. The van der Waals surface area contributed by atoms with Crippen LogP contribution < -0.4 is 9.64 Å². The maximum atomic E-state index is 13.8. The van der Waals surface area contributed by atoms with E-state index >= 15 is 0 Å². The van der Waals surface area contributed by atoms with Crippen molar-refractivity contribution in [3.63, 3.8) is 0 Å². The van der Waals surface area contributed by atoms with Crippen molar-refractivity contribution < 1.29 is 14.3 Å². The molecule has 2 atom stereocenters. The summed E-state index contributed by atoms with van der Waals surface area (Å²) >= 11 is 0. The number of hydrogen-bond acceptors (Lipinski definition) is 4. The van der Waals surface area contributed by atoms with Gasteiger partial charge in [-0.3, -0.25) is 9.59 Å². The summed E-state index contributed by atoms with van der Waals surface area (Å²) in [6.45, 7) is 12.5. The molecule has 4 rings (SSSR count). The molecule has 1 saturated heterocycles. The summed E-state index contributed by atoms with van der Waals surface area (Å²) in [5, 5.41) is 0. The van der Waals surface area contributed by atoms with Crippen LogP contribution in [0.3, 0.4) is 0 Å². The Morgan fingerprint density at radius 2 is 1.56 bits per heavy atom. The Hall–Kier alpha value is -3.08. The van der Waals surface area contributed by atoms with Crippen molar-refractivity contribution in [2.24, 2.45) is 11.8 Å². The van der Waals surface area contributed by atoms with Crippen LogP contribution in [0.1, 0.15) is 43.9 Å². The van der Waals surface area contributed by atoms with E-state index in [4.69, 9.17) is 4.74 Å². The summed E-state index contributed by atoms with van der Waals surface area (Å²) < 4.78 is 5.57. The number of carbonyl (C=O) groups is 2. The van der Waals surface area contributed by atoms with Gasteiger partial charge in [0.15, 0.2) is 0 Å². The lowest BCUT2D eigenvalue weighted by Gasteiger charge is -2.37. The number of aryl methyl sites for hydroxylation is 2. The van der Waals surface area contributed by atoms with E-state index in [-0.39, 0.29) is 11.8 Å². The van der Waals surface area contributed by atoms with Gasteiger partial charge in [0.05, 0.1) is 17.9 Å². The molecule has 0 aromatic heterocycles. The second-order valence-electron chi connectivity index (χ2n) is 9.25. The largest absolute Gasteiger partial charge is 0.494 e. The molecule has 2 aromatic rings. The molecule has 0 saturated carbocycles. The van der Waals surface area contributed by atoms with E-state index in [0.717, 1.165) is 42.0 Å². The molecular weight excluding hydrogens is 400 g/mol. The number of rotatable bonds is 5. The number of hydrogen-bond donors (Lipinski definition) is 0. The van der Waals surface area contributed by atoms with Crippen LogP contribution in [0, 0.1) is 25.7 Å². The topological polar surface area (TPSA) is 49.9 Å². The highest BCUT2D eigenvalue weighted by Gasteiger charge is 2.43. The van der Waals surface area contributed by atoms with Crippen molar-refractivity contribution in [1.29, 1.82) is 0 Å². The van der Waals surface area contributed by atoms with Crippen molar-refractivity contribution in [2.45, 2.75) is 41.0 Å². The van der Waals surface area contributed by atoms with Gasteiger partial charge < -0.3 is 9.64 Å². The summed E-state index contributed by atoms with van der Waals surface area (Å²) in [4.78, 5) is 31.0. The number of benzene rings is 2. The van der Waals surface area contributed by atoms with Crippen LogP contribution in [-0.2, 0) is 9.59 Å². The first-order chi connectivity index (χ1) is 15.3. The van der Waals surface area contributed by atoms with E-state index in [1.54, 1.807) is 0 Å². The van der Waals surface area contributed by atoms with Gasteiger partial charge >= 0.3 is 0 Å². The third-order valence-electron chi connectivity index (χ3n) is 6.45. The maximum Gasteiger partial charge on any atom is 0.282 e. The highest BCUT2D eigenvalue weighted by molar-refractivity contribution is 6.45. The van der Waals surface area contributed by atoms with Gasteiger partial charge in [-0.1, -0.05) is 32.0 Å². The molecule has 0 N–H and O–H groups in total. The summed E-state index contributed by atoms with van der Waals surface area (Å²) in [7, 11) is 0. The van der Waals surface area contributed by atoms with Gasteiger partial charge in [0, 0.05) is 13.1 Å². The molecule has 2 amide bonds. The Morgan fingerprint density at radius 1 is 0.906 bits per heavy atom. The van der Waals surface area contributed by atoms with Crippen molar-refractivity contribution in [3.8, 4) is 5.75 Å². The summed E-state index contributed by atoms with van der Waals surface area (Å²) in [6, 6.07) is 13.2. The van der Waals surface area contributed by atoms with Gasteiger partial charge in [0.2, 0.25) is 0 Å². The van der Waals surface area contributed by atoms with Crippen LogP contribution in [-0.4, -0.2) is 36.4 Å². The molecule has 2 aromatic carbocycles. The van der Waals surface area contributed by atoms with Crippen LogP contribution in [0.5, 0.6) is 5.75 Å². The summed E-state index contributed by atoms with van der Waals surface area (Å²) in [5.74, 6) is 1.19. The molecule has 0 aliphatic carbocycles. The molecule has 2 unspecified atom stereocenters. The average Bonchev–Trinajstić information content (AvgIpc) is 3.00. The average molecular weight is 433 g/mol. The van der Waals surface area contributed by atoms with E-state index in [0.29, 0.717) is 35.4 Å². The maximum absolute atomic E-state index is 13.8. The first-order valence-corrected chi connectivity index (χ1v) is 11.5. The second-order valence-corrected chi connectivity index (χ2v) is 9.25. The van der Waals surface area contributed by atoms with Crippen LogP contribution in [0.25, 0.3) is 5.57 Å².